The molecule has 4 rings (SSSR count). The van der Waals surface area contributed by atoms with Crippen molar-refractivity contribution in [3.8, 4) is 0 Å². The lowest BCUT2D eigenvalue weighted by atomic mass is 10.3. The van der Waals surface area contributed by atoms with Gasteiger partial charge in [-0.05, 0) is 35.7 Å². The molecular weight excluding hydrogens is 242 g/mol. The van der Waals surface area contributed by atoms with E-state index in [2.05, 4.69) is 34.4 Å². The van der Waals surface area contributed by atoms with Crippen molar-refractivity contribution in [1.29, 1.82) is 0 Å². The Hall–Kier alpha value is -2.07. The predicted molar refractivity (Wildman–Crippen MR) is 75.6 cm³/mol. The Morgan fingerprint density at radius 1 is 1.33 bits per heavy atom. The highest BCUT2D eigenvalue weighted by Gasteiger charge is 2.22. The number of hydrogen-bond donors (Lipinski definition) is 0. The lowest BCUT2D eigenvalue weighted by molar-refractivity contribution is 0.591. The van der Waals surface area contributed by atoms with Crippen LogP contribution in [-0.4, -0.2) is 17.4 Å². The van der Waals surface area contributed by atoms with Crippen LogP contribution in [0.1, 0.15) is 0 Å². The van der Waals surface area contributed by atoms with Crippen molar-refractivity contribution in [2.45, 2.75) is 0 Å². The molecule has 2 aromatic rings. The van der Waals surface area contributed by atoms with Gasteiger partial charge in [0.1, 0.15) is 11.7 Å². The maximum Gasteiger partial charge on any atom is 0.154 e. The monoisotopic (exact) mass is 252 g/mol. The number of allylic oxidation sites excluding steroid dienone is 2. The molecule has 0 fully saturated rings. The van der Waals surface area contributed by atoms with Crippen LogP contribution >= 0.6 is 11.3 Å². The molecule has 0 N–H and O–H groups in total. The van der Waals surface area contributed by atoms with Gasteiger partial charge < -0.3 is 4.90 Å². The van der Waals surface area contributed by atoms with E-state index in [1.165, 1.54) is 15.1 Å². The number of benzene rings is 1. The zero-order valence-electron chi connectivity index (χ0n) is 9.58. The van der Waals surface area contributed by atoms with Gasteiger partial charge in [-0.15, -0.1) is 11.3 Å². The first-order valence-corrected chi connectivity index (χ1v) is 6.59. The molecule has 0 atom stereocenters. The number of amidine groups is 1. The van der Waals surface area contributed by atoms with Crippen molar-refractivity contribution in [1.82, 2.24) is 4.90 Å². The first kappa shape index (κ1) is 9.91. The minimum absolute atomic E-state index is 0.784. The molecule has 0 amide bonds. The van der Waals surface area contributed by atoms with Gasteiger partial charge in [0.2, 0.25) is 0 Å². The summed E-state index contributed by atoms with van der Waals surface area (Å²) in [6.07, 6.45) is 8.13. The van der Waals surface area contributed by atoms with Crippen LogP contribution in [0, 0.1) is 6.07 Å². The maximum absolute atomic E-state index is 4.61. The van der Waals surface area contributed by atoms with Crippen LogP contribution in [-0.2, 0) is 0 Å². The van der Waals surface area contributed by atoms with Gasteiger partial charge in [-0.2, -0.15) is 5.10 Å². The molecule has 1 aromatic carbocycles. The highest BCUT2D eigenvalue weighted by Crippen LogP contribution is 2.34. The second-order valence-electron chi connectivity index (χ2n) is 4.22. The molecule has 3 nitrogen and oxygen atoms in total. The van der Waals surface area contributed by atoms with E-state index in [0.29, 0.717) is 0 Å². The minimum atomic E-state index is 0.784. The first-order valence-electron chi connectivity index (χ1n) is 5.77. The fraction of sp³-hybridized carbons (Fsp3) is 0.0714. The van der Waals surface area contributed by atoms with Crippen molar-refractivity contribution in [2.75, 3.05) is 11.7 Å². The van der Waals surface area contributed by atoms with Crippen molar-refractivity contribution < 1.29 is 0 Å². The van der Waals surface area contributed by atoms with E-state index >= 15 is 0 Å². The molecule has 0 unspecified atom stereocenters. The molecule has 0 bridgehead atoms. The zero-order valence-corrected chi connectivity index (χ0v) is 10.4. The Balaban J connectivity index is 1.74. The van der Waals surface area contributed by atoms with Gasteiger partial charge in [-0.25, -0.2) is 5.01 Å². The normalized spacial score (nSPS) is 17.4. The van der Waals surface area contributed by atoms with E-state index in [9.17, 15) is 0 Å². The van der Waals surface area contributed by atoms with Gasteiger partial charge in [-0.1, -0.05) is 18.2 Å². The van der Waals surface area contributed by atoms with Crippen molar-refractivity contribution in [3.63, 3.8) is 0 Å². The predicted octanol–water partition coefficient (Wildman–Crippen LogP) is 3.18. The molecule has 87 valence electrons. The molecule has 0 saturated carbocycles. The van der Waals surface area contributed by atoms with Gasteiger partial charge >= 0.3 is 0 Å². The minimum Gasteiger partial charge on any atom is -0.311 e. The summed E-state index contributed by atoms with van der Waals surface area (Å²) in [5, 5.41) is 9.08. The summed E-state index contributed by atoms with van der Waals surface area (Å²) in [7, 11) is 0. The number of nitrogens with zero attached hydrogens (tertiary/aromatic N) is 3. The van der Waals surface area contributed by atoms with Crippen molar-refractivity contribution in [2.24, 2.45) is 5.10 Å². The maximum atomic E-state index is 4.61. The van der Waals surface area contributed by atoms with Gasteiger partial charge in [0.25, 0.3) is 0 Å². The molecule has 18 heavy (non-hydrogen) atoms. The van der Waals surface area contributed by atoms with E-state index < -0.39 is 0 Å². The van der Waals surface area contributed by atoms with Gasteiger partial charge in [0.15, 0.2) is 5.84 Å². The summed E-state index contributed by atoms with van der Waals surface area (Å²) in [5.74, 6) is 1.00. The summed E-state index contributed by atoms with van der Waals surface area (Å²) >= 11 is 1.75. The molecule has 1 radical (unpaired) electrons. The molecule has 0 spiro atoms. The third-order valence-electron chi connectivity index (χ3n) is 3.03. The lowest BCUT2D eigenvalue weighted by Gasteiger charge is -2.16. The van der Waals surface area contributed by atoms with Crippen LogP contribution < -0.4 is 5.01 Å². The highest BCUT2D eigenvalue weighted by molar-refractivity contribution is 7.22. The second-order valence-corrected chi connectivity index (χ2v) is 5.28. The van der Waals surface area contributed by atoms with Crippen LogP contribution in [0.25, 0.3) is 10.1 Å². The van der Waals surface area contributed by atoms with E-state index in [0.717, 1.165) is 12.5 Å². The van der Waals surface area contributed by atoms with Crippen molar-refractivity contribution in [3.05, 3.63) is 54.8 Å². The van der Waals surface area contributed by atoms with Crippen LogP contribution in [0.4, 0.5) is 5.00 Å². The van der Waals surface area contributed by atoms with Gasteiger partial charge in [0.05, 0.1) is 0 Å². The standard InChI is InChI=1S/C14H10N3S/c1-2-6-12-11(5-1)9-14(18-12)17-10-16-8-4-3-7-13(16)15-17/h1,3-9H,10H2. The molecule has 0 saturated heterocycles. The molecule has 2 aliphatic heterocycles. The Morgan fingerprint density at radius 2 is 2.33 bits per heavy atom. The Bertz CT molecular complexity index is 663. The van der Waals surface area contributed by atoms with Crippen LogP contribution in [0.3, 0.4) is 0 Å². The number of anilines is 1. The van der Waals surface area contributed by atoms with E-state index in [1.807, 2.05) is 35.4 Å². The molecule has 3 heterocycles. The molecule has 4 heteroatoms. The summed E-state index contributed by atoms with van der Waals surface area (Å²) in [4.78, 5) is 2.14. The molecular formula is C14H10N3S. The Morgan fingerprint density at radius 3 is 3.22 bits per heavy atom. The smallest absolute Gasteiger partial charge is 0.154 e. The quantitative estimate of drug-likeness (QED) is 0.776. The third-order valence-corrected chi connectivity index (χ3v) is 4.14. The SMILES string of the molecule is [c]1ccc2cc(N3CN4C=CC=CC4=N3)sc2c1. The summed E-state index contributed by atoms with van der Waals surface area (Å²) < 4.78 is 1.25. The summed E-state index contributed by atoms with van der Waals surface area (Å²) in [6.45, 7) is 0.784. The number of hydrazone groups is 1. The Kier molecular flexibility index (Phi) is 2.04. The number of hydrogen-bond acceptors (Lipinski definition) is 4. The largest absolute Gasteiger partial charge is 0.311 e. The number of rotatable bonds is 1. The van der Waals surface area contributed by atoms with Crippen LogP contribution in [0.15, 0.2) is 53.8 Å². The summed E-state index contributed by atoms with van der Waals surface area (Å²) in [5.41, 5.74) is 0. The third kappa shape index (κ3) is 1.46. The van der Waals surface area contributed by atoms with Gasteiger partial charge in [0, 0.05) is 10.9 Å². The first-order chi connectivity index (χ1) is 8.90. The number of fused-ring (bicyclic) bond motifs is 2. The molecule has 0 aliphatic carbocycles. The van der Waals surface area contributed by atoms with Crippen LogP contribution in [0.5, 0.6) is 0 Å². The van der Waals surface area contributed by atoms with E-state index in [4.69, 9.17) is 0 Å². The zero-order chi connectivity index (χ0) is 11.9. The van der Waals surface area contributed by atoms with Gasteiger partial charge in [-0.3, -0.25) is 0 Å². The average molecular weight is 252 g/mol. The van der Waals surface area contributed by atoms with E-state index in [1.54, 1.807) is 11.3 Å². The van der Waals surface area contributed by atoms with Crippen molar-refractivity contribution >= 4 is 32.3 Å². The Labute approximate surface area is 109 Å². The summed E-state index contributed by atoms with van der Waals surface area (Å²) in [6, 6.07) is 11.4. The average Bonchev–Trinajstić information content (AvgIpc) is 3.02. The molecule has 1 aromatic heterocycles. The molecule has 2 aliphatic rings. The fourth-order valence-corrected chi connectivity index (χ4v) is 3.12. The lowest BCUT2D eigenvalue weighted by Crippen LogP contribution is -2.25. The second kappa shape index (κ2) is 3.71. The number of thiophene rings is 1. The fourth-order valence-electron chi connectivity index (χ4n) is 2.13. The van der Waals surface area contributed by atoms with E-state index in [-0.39, 0.29) is 0 Å². The highest BCUT2D eigenvalue weighted by atomic mass is 32.1. The van der Waals surface area contributed by atoms with Crippen LogP contribution in [0.2, 0.25) is 0 Å². The topological polar surface area (TPSA) is 18.8 Å².